The molecule has 0 radical (unpaired) electrons. The molecule has 0 aliphatic rings. The molecule has 2 rings (SSSR count). The number of esters is 1. The van der Waals surface area contributed by atoms with E-state index < -0.39 is 5.25 Å². The molecule has 0 fully saturated rings. The highest BCUT2D eigenvalue weighted by Crippen LogP contribution is 2.19. The van der Waals surface area contributed by atoms with Gasteiger partial charge in [-0.1, -0.05) is 16.9 Å². The van der Waals surface area contributed by atoms with Crippen LogP contribution < -0.4 is 0 Å². The minimum atomic E-state index is -0.411. The highest BCUT2D eigenvalue weighted by Gasteiger charge is 2.18. The summed E-state index contributed by atoms with van der Waals surface area (Å²) in [6.45, 7) is 3.39. The van der Waals surface area contributed by atoms with Gasteiger partial charge in [0.1, 0.15) is 5.25 Å². The van der Waals surface area contributed by atoms with Crippen molar-refractivity contribution in [3.8, 4) is 0 Å². The lowest BCUT2D eigenvalue weighted by molar-refractivity contribution is -0.144. The van der Waals surface area contributed by atoms with Crippen molar-refractivity contribution in [3.05, 3.63) is 30.2 Å². The molecule has 2 aromatic rings. The summed E-state index contributed by atoms with van der Waals surface area (Å²) in [7, 11) is 0. The highest BCUT2D eigenvalue weighted by molar-refractivity contribution is 8.00. The summed E-state index contributed by atoms with van der Waals surface area (Å²) >= 11 is 1.23. The predicted molar refractivity (Wildman–Crippen MR) is 66.2 cm³/mol. The van der Waals surface area contributed by atoms with Gasteiger partial charge >= 0.3 is 5.97 Å². The number of aromatic nitrogens is 4. The van der Waals surface area contributed by atoms with E-state index in [1.54, 1.807) is 32.3 Å². The monoisotopic (exact) mass is 280 g/mol. The van der Waals surface area contributed by atoms with Crippen molar-refractivity contribution in [3.63, 3.8) is 0 Å². The van der Waals surface area contributed by atoms with E-state index in [2.05, 4.69) is 20.1 Å². The fraction of sp³-hybridized carbons (Fsp3) is 0.364. The Bertz CT molecular complexity index is 546. The van der Waals surface area contributed by atoms with Crippen molar-refractivity contribution >= 4 is 17.7 Å². The quantitative estimate of drug-likeness (QED) is 0.461. The molecule has 0 aliphatic heterocycles. The average molecular weight is 280 g/mol. The standard InChI is InChI=1S/C11H12N4O3S/c1-7(19-11-12-4-3-5-13-11)10(16)17-6-9-14-8(2)15-18-9/h3-5,7H,6H2,1-2H3. The summed E-state index contributed by atoms with van der Waals surface area (Å²) in [5, 5.41) is 3.72. The number of carbonyl (C=O) groups is 1. The minimum Gasteiger partial charge on any atom is -0.455 e. The Hall–Kier alpha value is -1.96. The number of nitrogens with zero attached hydrogens (tertiary/aromatic N) is 4. The number of ether oxygens (including phenoxy) is 1. The van der Waals surface area contributed by atoms with Gasteiger partial charge in [0, 0.05) is 12.4 Å². The average Bonchev–Trinajstić information content (AvgIpc) is 2.83. The van der Waals surface area contributed by atoms with Gasteiger partial charge in [-0.15, -0.1) is 0 Å². The summed E-state index contributed by atoms with van der Waals surface area (Å²) in [6, 6.07) is 1.71. The topological polar surface area (TPSA) is 91.0 Å². The van der Waals surface area contributed by atoms with Gasteiger partial charge in [0.25, 0.3) is 5.89 Å². The van der Waals surface area contributed by atoms with Gasteiger partial charge in [0.05, 0.1) is 0 Å². The lowest BCUT2D eigenvalue weighted by Gasteiger charge is -2.08. The van der Waals surface area contributed by atoms with E-state index in [1.807, 2.05) is 0 Å². The van der Waals surface area contributed by atoms with Crippen LogP contribution in [0.1, 0.15) is 18.6 Å². The molecule has 2 heterocycles. The van der Waals surface area contributed by atoms with Gasteiger partial charge in [0.15, 0.2) is 17.6 Å². The molecule has 1 unspecified atom stereocenters. The number of hydrogen-bond donors (Lipinski definition) is 0. The number of thioether (sulfide) groups is 1. The maximum atomic E-state index is 11.7. The first-order chi connectivity index (χ1) is 9.15. The van der Waals surface area contributed by atoms with Crippen molar-refractivity contribution in [2.45, 2.75) is 30.9 Å². The van der Waals surface area contributed by atoms with Gasteiger partial charge in [-0.3, -0.25) is 4.79 Å². The summed E-state index contributed by atoms with van der Waals surface area (Å²) in [5.41, 5.74) is 0. The smallest absolute Gasteiger partial charge is 0.319 e. The van der Waals surface area contributed by atoms with Crippen molar-refractivity contribution in [2.75, 3.05) is 0 Å². The molecular weight excluding hydrogens is 268 g/mol. The van der Waals surface area contributed by atoms with Crippen LogP contribution >= 0.6 is 11.8 Å². The van der Waals surface area contributed by atoms with E-state index >= 15 is 0 Å². The third-order valence-corrected chi connectivity index (χ3v) is 3.03. The Balaban J connectivity index is 1.82. The van der Waals surface area contributed by atoms with Gasteiger partial charge in [0.2, 0.25) is 0 Å². The van der Waals surface area contributed by atoms with Crippen LogP contribution in [0, 0.1) is 6.92 Å². The second kappa shape index (κ2) is 6.28. The van der Waals surface area contributed by atoms with E-state index in [1.165, 1.54) is 11.8 Å². The van der Waals surface area contributed by atoms with Gasteiger partial charge in [-0.05, 0) is 19.9 Å². The van der Waals surface area contributed by atoms with E-state index in [9.17, 15) is 4.79 Å². The highest BCUT2D eigenvalue weighted by atomic mass is 32.2. The molecule has 7 nitrogen and oxygen atoms in total. The zero-order chi connectivity index (χ0) is 13.7. The Labute approximate surface area is 113 Å². The number of carbonyl (C=O) groups excluding carboxylic acids is 1. The molecule has 1 atom stereocenters. The molecule has 0 aromatic carbocycles. The molecule has 0 bridgehead atoms. The van der Waals surface area contributed by atoms with E-state index in [4.69, 9.17) is 9.26 Å². The summed E-state index contributed by atoms with van der Waals surface area (Å²) < 4.78 is 9.91. The maximum absolute atomic E-state index is 11.7. The van der Waals surface area contributed by atoms with Gasteiger partial charge in [-0.2, -0.15) is 4.98 Å². The van der Waals surface area contributed by atoms with E-state index in [0.29, 0.717) is 11.0 Å². The number of aryl methyl sites for hydroxylation is 1. The van der Waals surface area contributed by atoms with Crippen LogP contribution in [0.3, 0.4) is 0 Å². The van der Waals surface area contributed by atoms with Gasteiger partial charge < -0.3 is 9.26 Å². The lowest BCUT2D eigenvalue weighted by atomic mass is 10.5. The van der Waals surface area contributed by atoms with Crippen molar-refractivity contribution < 1.29 is 14.1 Å². The Morgan fingerprint density at radius 2 is 2.21 bits per heavy atom. The molecule has 0 saturated heterocycles. The van der Waals surface area contributed by atoms with Crippen LogP contribution in [0.2, 0.25) is 0 Å². The third kappa shape index (κ3) is 4.02. The first-order valence-corrected chi connectivity index (χ1v) is 6.42. The molecule has 100 valence electrons. The first-order valence-electron chi connectivity index (χ1n) is 5.54. The van der Waals surface area contributed by atoms with Crippen molar-refractivity contribution in [1.29, 1.82) is 0 Å². The van der Waals surface area contributed by atoms with E-state index in [-0.39, 0.29) is 18.5 Å². The SMILES string of the molecule is Cc1noc(COC(=O)C(C)Sc2ncccn2)n1. The molecule has 8 heteroatoms. The van der Waals surface area contributed by atoms with Crippen LogP contribution in [0.15, 0.2) is 28.1 Å². The predicted octanol–water partition coefficient (Wildman–Crippen LogP) is 1.39. The van der Waals surface area contributed by atoms with Crippen molar-refractivity contribution in [1.82, 2.24) is 20.1 Å². The zero-order valence-corrected chi connectivity index (χ0v) is 11.3. The molecule has 0 spiro atoms. The second-order valence-corrected chi connectivity index (χ2v) is 4.94. The molecule has 19 heavy (non-hydrogen) atoms. The van der Waals surface area contributed by atoms with Crippen LogP contribution in [0.25, 0.3) is 0 Å². The fourth-order valence-electron chi connectivity index (χ4n) is 1.20. The zero-order valence-electron chi connectivity index (χ0n) is 10.4. The molecule has 0 aliphatic carbocycles. The molecule has 0 N–H and O–H groups in total. The summed E-state index contributed by atoms with van der Waals surface area (Å²) in [4.78, 5) is 23.7. The summed E-state index contributed by atoms with van der Waals surface area (Å²) in [6.07, 6.45) is 3.24. The van der Waals surface area contributed by atoms with Crippen LogP contribution in [0.4, 0.5) is 0 Å². The first kappa shape index (κ1) is 13.5. The summed E-state index contributed by atoms with van der Waals surface area (Å²) in [5.74, 6) is 0.401. The fourth-order valence-corrected chi connectivity index (χ4v) is 1.93. The second-order valence-electron chi connectivity index (χ2n) is 3.63. The minimum absolute atomic E-state index is 0.0276. The third-order valence-electron chi connectivity index (χ3n) is 2.06. The van der Waals surface area contributed by atoms with E-state index in [0.717, 1.165) is 0 Å². The number of hydrogen-bond acceptors (Lipinski definition) is 8. The van der Waals surface area contributed by atoms with Crippen LogP contribution in [0.5, 0.6) is 0 Å². The largest absolute Gasteiger partial charge is 0.455 e. The Kier molecular flexibility index (Phi) is 4.45. The van der Waals surface area contributed by atoms with Gasteiger partial charge in [-0.25, -0.2) is 9.97 Å². The molecule has 0 saturated carbocycles. The Morgan fingerprint density at radius 3 is 2.84 bits per heavy atom. The van der Waals surface area contributed by atoms with Crippen molar-refractivity contribution in [2.24, 2.45) is 0 Å². The number of rotatable bonds is 5. The van der Waals surface area contributed by atoms with Crippen LogP contribution in [-0.2, 0) is 16.1 Å². The lowest BCUT2D eigenvalue weighted by Crippen LogP contribution is -2.17. The normalized spacial score (nSPS) is 12.1. The molecule has 0 amide bonds. The molecular formula is C11H12N4O3S. The Morgan fingerprint density at radius 1 is 1.47 bits per heavy atom. The maximum Gasteiger partial charge on any atom is 0.319 e. The van der Waals surface area contributed by atoms with Crippen LogP contribution in [-0.4, -0.2) is 31.3 Å². The molecule has 2 aromatic heterocycles.